The lowest BCUT2D eigenvalue weighted by atomic mass is 10.3. The predicted octanol–water partition coefficient (Wildman–Crippen LogP) is -0.0410. The largest absolute Gasteiger partial charge is 0.395 e. The molecular weight excluding hydrogens is 220 g/mol. The van der Waals surface area contributed by atoms with Crippen LogP contribution in [0.15, 0.2) is 12.3 Å². The summed E-state index contributed by atoms with van der Waals surface area (Å²) < 4.78 is 5.03. The van der Waals surface area contributed by atoms with Crippen molar-refractivity contribution in [3.63, 3.8) is 0 Å². The Kier molecular flexibility index (Phi) is 6.46. The fraction of sp³-hybridized carbons (Fsp3) is 0.636. The summed E-state index contributed by atoms with van der Waals surface area (Å²) >= 11 is 0. The highest BCUT2D eigenvalue weighted by Crippen LogP contribution is 2.03. The summed E-state index contributed by atoms with van der Waals surface area (Å²) in [6.45, 7) is 2.84. The molecule has 0 atom stereocenters. The number of aliphatic hydroxyl groups excluding tert-OH is 1. The number of hydrogen-bond acceptors (Lipinski definition) is 6. The van der Waals surface area contributed by atoms with Crippen LogP contribution in [0.5, 0.6) is 0 Å². The molecule has 0 aliphatic heterocycles. The number of hydrogen-bond donors (Lipinski definition) is 2. The molecule has 0 bridgehead atoms. The molecule has 0 saturated heterocycles. The molecule has 2 N–H and O–H groups in total. The van der Waals surface area contributed by atoms with Gasteiger partial charge in [0.15, 0.2) is 0 Å². The van der Waals surface area contributed by atoms with Gasteiger partial charge in [0.05, 0.1) is 18.9 Å². The Morgan fingerprint density at radius 2 is 2.29 bits per heavy atom. The lowest BCUT2D eigenvalue weighted by Gasteiger charge is -2.20. The molecule has 0 saturated carbocycles. The standard InChI is InChI=1S/C11H20N4O2/c1-12-11-13-4-3-10(14-11)9-15(5-7-16)6-8-17-2/h3-4,16H,5-9H2,1-2H3,(H,12,13,14). The van der Waals surface area contributed by atoms with Crippen molar-refractivity contribution in [2.24, 2.45) is 0 Å². The van der Waals surface area contributed by atoms with Crippen LogP contribution >= 0.6 is 0 Å². The summed E-state index contributed by atoms with van der Waals surface area (Å²) in [7, 11) is 3.45. The quantitative estimate of drug-likeness (QED) is 0.664. The van der Waals surface area contributed by atoms with Gasteiger partial charge in [-0.15, -0.1) is 0 Å². The fourth-order valence-electron chi connectivity index (χ4n) is 1.47. The van der Waals surface area contributed by atoms with Gasteiger partial charge in [-0.1, -0.05) is 0 Å². The maximum atomic E-state index is 8.99. The van der Waals surface area contributed by atoms with E-state index < -0.39 is 0 Å². The topological polar surface area (TPSA) is 70.5 Å². The number of methoxy groups -OCH3 is 1. The van der Waals surface area contributed by atoms with Gasteiger partial charge in [0, 0.05) is 40.0 Å². The lowest BCUT2D eigenvalue weighted by molar-refractivity contribution is 0.126. The van der Waals surface area contributed by atoms with Crippen LogP contribution in [0, 0.1) is 0 Å². The second-order valence-electron chi connectivity index (χ2n) is 3.61. The Labute approximate surface area is 102 Å². The molecule has 0 radical (unpaired) electrons. The van der Waals surface area contributed by atoms with E-state index in [9.17, 15) is 0 Å². The van der Waals surface area contributed by atoms with Crippen molar-refractivity contribution < 1.29 is 9.84 Å². The molecule has 96 valence electrons. The molecule has 1 heterocycles. The minimum Gasteiger partial charge on any atom is -0.395 e. The first-order valence-corrected chi connectivity index (χ1v) is 5.62. The van der Waals surface area contributed by atoms with Gasteiger partial charge in [0.1, 0.15) is 0 Å². The summed E-state index contributed by atoms with van der Waals surface area (Å²) in [6.07, 6.45) is 1.72. The van der Waals surface area contributed by atoms with Crippen LogP contribution in [0.1, 0.15) is 5.69 Å². The highest BCUT2D eigenvalue weighted by Gasteiger charge is 2.06. The zero-order valence-corrected chi connectivity index (χ0v) is 10.4. The van der Waals surface area contributed by atoms with Crippen LogP contribution in [0.3, 0.4) is 0 Å². The van der Waals surface area contributed by atoms with Crippen molar-refractivity contribution >= 4 is 5.95 Å². The van der Waals surface area contributed by atoms with Crippen LogP contribution in [0.25, 0.3) is 0 Å². The summed E-state index contributed by atoms with van der Waals surface area (Å²) in [5.41, 5.74) is 0.925. The minimum absolute atomic E-state index is 0.133. The molecule has 17 heavy (non-hydrogen) atoms. The Balaban J connectivity index is 2.57. The van der Waals surface area contributed by atoms with E-state index in [2.05, 4.69) is 20.2 Å². The Bertz CT molecular complexity index is 322. The van der Waals surface area contributed by atoms with Gasteiger partial charge in [0.25, 0.3) is 0 Å². The molecule has 0 amide bonds. The molecule has 0 aliphatic carbocycles. The number of nitrogens with zero attached hydrogens (tertiary/aromatic N) is 3. The highest BCUT2D eigenvalue weighted by atomic mass is 16.5. The van der Waals surface area contributed by atoms with Crippen molar-refractivity contribution in [1.29, 1.82) is 0 Å². The molecule has 1 rings (SSSR count). The molecule has 0 fully saturated rings. The van der Waals surface area contributed by atoms with Gasteiger partial charge in [-0.3, -0.25) is 4.90 Å². The SMILES string of the molecule is CNc1nccc(CN(CCO)CCOC)n1. The Morgan fingerprint density at radius 3 is 2.94 bits per heavy atom. The van der Waals surface area contributed by atoms with Crippen LogP contribution in [0.4, 0.5) is 5.95 Å². The smallest absolute Gasteiger partial charge is 0.222 e. The molecule has 1 aromatic rings. The summed E-state index contributed by atoms with van der Waals surface area (Å²) in [6, 6.07) is 1.87. The molecule has 0 aliphatic rings. The number of ether oxygens (including phenoxy) is 1. The van der Waals surface area contributed by atoms with E-state index in [1.807, 2.05) is 6.07 Å². The second-order valence-corrected chi connectivity index (χ2v) is 3.61. The van der Waals surface area contributed by atoms with Gasteiger partial charge in [-0.25, -0.2) is 9.97 Å². The van der Waals surface area contributed by atoms with Gasteiger partial charge < -0.3 is 15.2 Å². The Morgan fingerprint density at radius 1 is 1.47 bits per heavy atom. The number of aliphatic hydroxyl groups is 1. The number of aromatic nitrogens is 2. The summed E-state index contributed by atoms with van der Waals surface area (Å²) in [4.78, 5) is 10.5. The first-order chi connectivity index (χ1) is 8.30. The predicted molar refractivity (Wildman–Crippen MR) is 65.8 cm³/mol. The van der Waals surface area contributed by atoms with Gasteiger partial charge in [-0.05, 0) is 6.07 Å². The minimum atomic E-state index is 0.133. The third-order valence-electron chi connectivity index (χ3n) is 2.35. The fourth-order valence-corrected chi connectivity index (χ4v) is 1.47. The zero-order valence-electron chi connectivity index (χ0n) is 10.4. The van der Waals surface area contributed by atoms with E-state index in [1.165, 1.54) is 0 Å². The number of anilines is 1. The summed E-state index contributed by atoms with van der Waals surface area (Å²) in [5, 5.41) is 11.9. The molecule has 1 aromatic heterocycles. The zero-order chi connectivity index (χ0) is 12.5. The molecule has 0 aromatic carbocycles. The van der Waals surface area contributed by atoms with Crippen molar-refractivity contribution in [3.05, 3.63) is 18.0 Å². The highest BCUT2D eigenvalue weighted by molar-refractivity contribution is 5.23. The van der Waals surface area contributed by atoms with E-state index >= 15 is 0 Å². The lowest BCUT2D eigenvalue weighted by Crippen LogP contribution is -2.30. The van der Waals surface area contributed by atoms with Gasteiger partial charge in [-0.2, -0.15) is 0 Å². The first-order valence-electron chi connectivity index (χ1n) is 5.62. The van der Waals surface area contributed by atoms with E-state index in [0.29, 0.717) is 25.6 Å². The Hall–Kier alpha value is -1.24. The molecule has 6 heteroatoms. The monoisotopic (exact) mass is 240 g/mol. The summed E-state index contributed by atoms with van der Waals surface area (Å²) in [5.74, 6) is 0.609. The van der Waals surface area contributed by atoms with E-state index in [-0.39, 0.29) is 6.61 Å². The van der Waals surface area contributed by atoms with Crippen LogP contribution in [0.2, 0.25) is 0 Å². The van der Waals surface area contributed by atoms with Crippen LogP contribution in [-0.4, -0.2) is 60.4 Å². The van der Waals surface area contributed by atoms with Crippen molar-refractivity contribution in [1.82, 2.24) is 14.9 Å². The molecule has 0 unspecified atom stereocenters. The van der Waals surface area contributed by atoms with Crippen molar-refractivity contribution in [2.75, 3.05) is 45.8 Å². The normalized spacial score (nSPS) is 10.8. The van der Waals surface area contributed by atoms with Crippen LogP contribution in [-0.2, 0) is 11.3 Å². The average molecular weight is 240 g/mol. The molecular formula is C11H20N4O2. The van der Waals surface area contributed by atoms with Crippen molar-refractivity contribution in [2.45, 2.75) is 6.54 Å². The van der Waals surface area contributed by atoms with E-state index in [4.69, 9.17) is 9.84 Å². The molecule has 6 nitrogen and oxygen atoms in total. The van der Waals surface area contributed by atoms with E-state index in [1.54, 1.807) is 20.4 Å². The van der Waals surface area contributed by atoms with Crippen LogP contribution < -0.4 is 5.32 Å². The maximum Gasteiger partial charge on any atom is 0.222 e. The second kappa shape index (κ2) is 7.94. The third kappa shape index (κ3) is 5.08. The average Bonchev–Trinajstić information content (AvgIpc) is 2.36. The number of nitrogens with one attached hydrogen (secondary N) is 1. The van der Waals surface area contributed by atoms with Gasteiger partial charge in [0.2, 0.25) is 5.95 Å². The first kappa shape index (κ1) is 13.8. The third-order valence-corrected chi connectivity index (χ3v) is 2.35. The maximum absolute atomic E-state index is 8.99. The van der Waals surface area contributed by atoms with Gasteiger partial charge >= 0.3 is 0 Å². The van der Waals surface area contributed by atoms with Crippen molar-refractivity contribution in [3.8, 4) is 0 Å². The number of rotatable bonds is 8. The van der Waals surface area contributed by atoms with E-state index in [0.717, 1.165) is 12.2 Å². The molecule has 0 spiro atoms.